The summed E-state index contributed by atoms with van der Waals surface area (Å²) in [7, 11) is 0. The topological polar surface area (TPSA) is 62.5 Å². The van der Waals surface area contributed by atoms with Crippen molar-refractivity contribution in [2.24, 2.45) is 11.1 Å². The van der Waals surface area contributed by atoms with Gasteiger partial charge in [0, 0.05) is 12.5 Å². The van der Waals surface area contributed by atoms with Crippen molar-refractivity contribution in [2.75, 3.05) is 13.2 Å². The molecule has 1 aliphatic rings. The molecule has 1 rings (SSSR count). The zero-order chi connectivity index (χ0) is 7.40. The first-order valence-electron chi connectivity index (χ1n) is 3.18. The second-order valence-corrected chi connectivity index (χ2v) is 2.30. The molecule has 0 amide bonds. The minimum Gasteiger partial charge on any atom is -0.381 e. The van der Waals surface area contributed by atoms with E-state index in [0.29, 0.717) is 13.2 Å². The summed E-state index contributed by atoms with van der Waals surface area (Å²) in [5, 5.41) is 11.1. The van der Waals surface area contributed by atoms with Crippen LogP contribution in [0.3, 0.4) is 0 Å². The van der Waals surface area contributed by atoms with Crippen LogP contribution in [0, 0.1) is 22.2 Å². The summed E-state index contributed by atoms with van der Waals surface area (Å²) in [6, 6.07) is 1.13. The normalized spacial score (nSPS) is 27.3. The van der Waals surface area contributed by atoms with Gasteiger partial charge in [0.05, 0.1) is 12.7 Å². The Morgan fingerprint density at radius 3 is 3.00 bits per heavy atom. The first-order valence-corrected chi connectivity index (χ1v) is 3.18. The molecule has 10 heavy (non-hydrogen) atoms. The Morgan fingerprint density at radius 2 is 2.60 bits per heavy atom. The first-order chi connectivity index (χ1) is 4.88. The van der Waals surface area contributed by atoms with Crippen LogP contribution in [0.25, 0.3) is 0 Å². The second kappa shape index (κ2) is 3.28. The van der Waals surface area contributed by atoms with Gasteiger partial charge in [-0.25, -0.2) is 0 Å². The van der Waals surface area contributed by atoms with Crippen LogP contribution in [-0.4, -0.2) is 19.3 Å². The van der Waals surface area contributed by atoms with E-state index >= 15 is 0 Å². The summed E-state index contributed by atoms with van der Waals surface area (Å²) in [5.41, 5.74) is 0. The predicted molar refractivity (Wildman–Crippen MR) is 34.1 cm³/mol. The van der Waals surface area contributed by atoms with Crippen LogP contribution < -0.4 is 0 Å². The van der Waals surface area contributed by atoms with Crippen molar-refractivity contribution >= 4 is 0 Å². The Labute approximate surface area is 58.8 Å². The standard InChI is InChI=1S/C6H8N2O2/c7-3-6(8-9)5-1-2-10-4-5/h5-6H,1-2,4H2. The number of nitroso groups, excluding NO2 is 1. The Kier molecular flexibility index (Phi) is 2.35. The minimum absolute atomic E-state index is 0.0301. The van der Waals surface area contributed by atoms with E-state index in [4.69, 9.17) is 10.00 Å². The Hall–Kier alpha value is -0.950. The van der Waals surface area contributed by atoms with E-state index in [1.807, 2.05) is 6.07 Å². The lowest BCUT2D eigenvalue weighted by atomic mass is 10.0. The molecule has 1 heterocycles. The van der Waals surface area contributed by atoms with Crippen molar-refractivity contribution in [3.63, 3.8) is 0 Å². The van der Waals surface area contributed by atoms with Gasteiger partial charge in [0.25, 0.3) is 0 Å². The summed E-state index contributed by atoms with van der Waals surface area (Å²) in [6.45, 7) is 1.16. The van der Waals surface area contributed by atoms with Crippen molar-refractivity contribution in [1.29, 1.82) is 5.26 Å². The summed E-state index contributed by atoms with van der Waals surface area (Å²) in [4.78, 5) is 10.00. The summed E-state index contributed by atoms with van der Waals surface area (Å²) >= 11 is 0. The molecule has 0 aromatic carbocycles. The molecule has 0 radical (unpaired) electrons. The average molecular weight is 140 g/mol. The highest BCUT2D eigenvalue weighted by Gasteiger charge is 2.26. The van der Waals surface area contributed by atoms with Crippen LogP contribution in [0.1, 0.15) is 6.42 Å². The molecule has 1 fully saturated rings. The molecule has 0 aliphatic carbocycles. The summed E-state index contributed by atoms with van der Waals surface area (Å²) < 4.78 is 4.99. The molecule has 0 aromatic heterocycles. The number of nitrogens with zero attached hydrogens (tertiary/aromatic N) is 2. The SMILES string of the molecule is N#CC(N=O)C1CCOC1. The summed E-state index contributed by atoms with van der Waals surface area (Å²) in [6.07, 6.45) is 0.782. The monoisotopic (exact) mass is 140 g/mol. The highest BCUT2D eigenvalue weighted by molar-refractivity contribution is 4.95. The molecule has 4 nitrogen and oxygen atoms in total. The molecular formula is C6H8N2O2. The van der Waals surface area contributed by atoms with Gasteiger partial charge in [0.15, 0.2) is 6.04 Å². The zero-order valence-corrected chi connectivity index (χ0v) is 5.49. The van der Waals surface area contributed by atoms with E-state index in [2.05, 4.69) is 5.18 Å². The van der Waals surface area contributed by atoms with Gasteiger partial charge in [-0.05, 0) is 6.42 Å². The highest BCUT2D eigenvalue weighted by atomic mass is 16.5. The third-order valence-electron chi connectivity index (χ3n) is 1.66. The maximum Gasteiger partial charge on any atom is 0.183 e. The molecule has 0 saturated carbocycles. The molecule has 4 heteroatoms. The highest BCUT2D eigenvalue weighted by Crippen LogP contribution is 2.18. The molecule has 2 atom stereocenters. The van der Waals surface area contributed by atoms with Gasteiger partial charge in [0.1, 0.15) is 0 Å². The van der Waals surface area contributed by atoms with E-state index in [1.54, 1.807) is 0 Å². The molecule has 0 N–H and O–H groups in total. The quantitative estimate of drug-likeness (QED) is 0.530. The Morgan fingerprint density at radius 1 is 1.80 bits per heavy atom. The van der Waals surface area contributed by atoms with Gasteiger partial charge >= 0.3 is 0 Å². The summed E-state index contributed by atoms with van der Waals surface area (Å²) in [5.74, 6) is 0.0301. The van der Waals surface area contributed by atoms with E-state index in [-0.39, 0.29) is 5.92 Å². The Bertz CT molecular complexity index is 158. The number of nitriles is 1. The molecule has 0 aromatic rings. The van der Waals surface area contributed by atoms with Crippen molar-refractivity contribution in [2.45, 2.75) is 12.5 Å². The van der Waals surface area contributed by atoms with Gasteiger partial charge in [-0.3, -0.25) is 0 Å². The second-order valence-electron chi connectivity index (χ2n) is 2.30. The van der Waals surface area contributed by atoms with E-state index < -0.39 is 6.04 Å². The Balaban J connectivity index is 2.46. The molecule has 2 unspecified atom stereocenters. The first kappa shape index (κ1) is 7.16. The van der Waals surface area contributed by atoms with Gasteiger partial charge < -0.3 is 4.74 Å². The van der Waals surface area contributed by atoms with Gasteiger partial charge in [-0.1, -0.05) is 5.18 Å². The van der Waals surface area contributed by atoms with E-state index in [0.717, 1.165) is 6.42 Å². The van der Waals surface area contributed by atoms with Gasteiger partial charge in [-0.15, -0.1) is 4.91 Å². The maximum atomic E-state index is 10.00. The van der Waals surface area contributed by atoms with Crippen LogP contribution in [0.15, 0.2) is 5.18 Å². The largest absolute Gasteiger partial charge is 0.381 e. The number of rotatable bonds is 2. The third-order valence-corrected chi connectivity index (χ3v) is 1.66. The smallest absolute Gasteiger partial charge is 0.183 e. The molecule has 0 bridgehead atoms. The molecule has 54 valence electrons. The lowest BCUT2D eigenvalue weighted by molar-refractivity contribution is 0.184. The lowest BCUT2D eigenvalue weighted by Gasteiger charge is -2.04. The molecular weight excluding hydrogens is 132 g/mol. The fraction of sp³-hybridized carbons (Fsp3) is 0.833. The molecule has 0 spiro atoms. The number of hydrogen-bond donors (Lipinski definition) is 0. The van der Waals surface area contributed by atoms with Crippen molar-refractivity contribution in [1.82, 2.24) is 0 Å². The molecule has 1 saturated heterocycles. The fourth-order valence-electron chi connectivity index (χ4n) is 1.02. The maximum absolute atomic E-state index is 10.00. The fourth-order valence-corrected chi connectivity index (χ4v) is 1.02. The predicted octanol–water partition coefficient (Wildman–Crippen LogP) is 0.681. The molecule has 1 aliphatic heterocycles. The number of ether oxygens (including phenoxy) is 1. The van der Waals surface area contributed by atoms with Gasteiger partial charge in [-0.2, -0.15) is 5.26 Å². The van der Waals surface area contributed by atoms with Crippen molar-refractivity contribution in [3.8, 4) is 6.07 Å². The van der Waals surface area contributed by atoms with Crippen LogP contribution in [-0.2, 0) is 4.74 Å². The minimum atomic E-state index is -0.706. The third kappa shape index (κ3) is 1.31. The lowest BCUT2D eigenvalue weighted by Crippen LogP contribution is -2.15. The van der Waals surface area contributed by atoms with Crippen molar-refractivity contribution < 1.29 is 4.74 Å². The van der Waals surface area contributed by atoms with Crippen LogP contribution in [0.4, 0.5) is 0 Å². The average Bonchev–Trinajstić information content (AvgIpc) is 2.43. The van der Waals surface area contributed by atoms with Crippen LogP contribution in [0.5, 0.6) is 0 Å². The van der Waals surface area contributed by atoms with Crippen molar-refractivity contribution in [3.05, 3.63) is 4.91 Å². The van der Waals surface area contributed by atoms with Crippen LogP contribution in [0.2, 0.25) is 0 Å². The number of hydrogen-bond acceptors (Lipinski definition) is 4. The zero-order valence-electron chi connectivity index (χ0n) is 5.49. The van der Waals surface area contributed by atoms with E-state index in [9.17, 15) is 4.91 Å². The van der Waals surface area contributed by atoms with Crippen LogP contribution >= 0.6 is 0 Å². The van der Waals surface area contributed by atoms with Gasteiger partial charge in [0.2, 0.25) is 0 Å². The van der Waals surface area contributed by atoms with E-state index in [1.165, 1.54) is 0 Å².